The van der Waals surface area contributed by atoms with Gasteiger partial charge in [-0.3, -0.25) is 9.48 Å². The van der Waals surface area contributed by atoms with Crippen LogP contribution in [0.1, 0.15) is 11.1 Å². The summed E-state index contributed by atoms with van der Waals surface area (Å²) in [6.07, 6.45) is 6.84. The molecule has 0 radical (unpaired) electrons. The van der Waals surface area contributed by atoms with E-state index in [0.717, 1.165) is 11.1 Å². The van der Waals surface area contributed by atoms with E-state index in [2.05, 4.69) is 5.10 Å². The molecule has 1 saturated heterocycles. The molecule has 0 aliphatic carbocycles. The molecule has 9 nitrogen and oxygen atoms in total. The summed E-state index contributed by atoms with van der Waals surface area (Å²) in [5.74, 6) is 0.823. The highest BCUT2D eigenvalue weighted by molar-refractivity contribution is 7.89. The predicted octanol–water partition coefficient (Wildman–Crippen LogP) is 2.25. The van der Waals surface area contributed by atoms with Gasteiger partial charge in [0.25, 0.3) is 0 Å². The largest absolute Gasteiger partial charge is 0.486 e. The third kappa shape index (κ3) is 5.23. The Bertz CT molecular complexity index is 1330. The molecule has 1 fully saturated rings. The molecular weight excluding hydrogens is 468 g/mol. The van der Waals surface area contributed by atoms with Gasteiger partial charge in [0.05, 0.1) is 17.6 Å². The highest BCUT2D eigenvalue weighted by Crippen LogP contribution is 2.33. The first kappa shape index (κ1) is 23.1. The lowest BCUT2D eigenvalue weighted by molar-refractivity contribution is -0.127. The lowest BCUT2D eigenvalue weighted by Crippen LogP contribution is -2.50. The van der Waals surface area contributed by atoms with Gasteiger partial charge in [-0.2, -0.15) is 9.40 Å². The topological polar surface area (TPSA) is 94.0 Å². The number of hydrogen-bond donors (Lipinski definition) is 0. The maximum Gasteiger partial charge on any atom is 0.246 e. The number of rotatable bonds is 6. The Hall–Kier alpha value is -3.63. The first-order valence-corrected chi connectivity index (χ1v) is 12.9. The summed E-state index contributed by atoms with van der Waals surface area (Å²) < 4.78 is 40.4. The van der Waals surface area contributed by atoms with E-state index in [0.29, 0.717) is 44.3 Å². The second-order valence-corrected chi connectivity index (χ2v) is 10.3. The summed E-state index contributed by atoms with van der Waals surface area (Å²) in [6.45, 7) is 2.58. The van der Waals surface area contributed by atoms with E-state index in [1.54, 1.807) is 23.2 Å². The van der Waals surface area contributed by atoms with Crippen molar-refractivity contribution in [2.45, 2.75) is 11.4 Å². The maximum absolute atomic E-state index is 13.1. The Labute approximate surface area is 204 Å². The van der Waals surface area contributed by atoms with Crippen LogP contribution in [-0.4, -0.2) is 72.7 Å². The van der Waals surface area contributed by atoms with Gasteiger partial charge in [-0.05, 0) is 23.8 Å². The van der Waals surface area contributed by atoms with E-state index in [1.165, 1.54) is 22.5 Å². The Morgan fingerprint density at radius 3 is 2.49 bits per heavy atom. The molecule has 1 amide bonds. The fraction of sp³-hybridized carbons (Fsp3) is 0.280. The lowest BCUT2D eigenvalue weighted by Gasteiger charge is -2.33. The maximum atomic E-state index is 13.1. The van der Waals surface area contributed by atoms with Crippen LogP contribution in [0.4, 0.5) is 0 Å². The van der Waals surface area contributed by atoms with Gasteiger partial charge >= 0.3 is 0 Å². The first-order valence-electron chi connectivity index (χ1n) is 11.4. The first-order chi connectivity index (χ1) is 17.0. The number of benzene rings is 2. The van der Waals surface area contributed by atoms with Crippen molar-refractivity contribution in [2.24, 2.45) is 0 Å². The van der Waals surface area contributed by atoms with E-state index in [-0.39, 0.29) is 23.9 Å². The molecule has 182 valence electrons. The van der Waals surface area contributed by atoms with Crippen LogP contribution in [0.5, 0.6) is 11.5 Å². The average Bonchev–Trinajstić information content (AvgIpc) is 3.34. The van der Waals surface area contributed by atoms with Crippen molar-refractivity contribution in [2.75, 3.05) is 39.4 Å². The summed E-state index contributed by atoms with van der Waals surface area (Å²) in [5.41, 5.74) is 1.97. The van der Waals surface area contributed by atoms with Gasteiger partial charge in [0.15, 0.2) is 11.5 Å². The van der Waals surface area contributed by atoms with Crippen LogP contribution in [0.2, 0.25) is 0 Å². The number of carbonyl (C=O) groups excluding carboxylic acids is 1. The van der Waals surface area contributed by atoms with Crippen LogP contribution in [0, 0.1) is 0 Å². The average molecular weight is 495 g/mol. The van der Waals surface area contributed by atoms with E-state index >= 15 is 0 Å². The normalized spacial score (nSPS) is 16.5. The van der Waals surface area contributed by atoms with Crippen molar-refractivity contribution < 1.29 is 22.7 Å². The highest BCUT2D eigenvalue weighted by atomic mass is 32.2. The van der Waals surface area contributed by atoms with Crippen molar-refractivity contribution in [3.05, 3.63) is 78.1 Å². The monoisotopic (exact) mass is 494 g/mol. The smallest absolute Gasteiger partial charge is 0.246 e. The van der Waals surface area contributed by atoms with Crippen LogP contribution in [0.25, 0.3) is 6.08 Å². The number of amides is 1. The Kier molecular flexibility index (Phi) is 6.56. The minimum atomic E-state index is -3.69. The molecule has 1 aromatic heterocycles. The Balaban J connectivity index is 1.17. The number of nitrogens with zero attached hydrogens (tertiary/aromatic N) is 4. The van der Waals surface area contributed by atoms with Gasteiger partial charge < -0.3 is 14.4 Å². The fourth-order valence-electron chi connectivity index (χ4n) is 4.08. The predicted molar refractivity (Wildman–Crippen MR) is 130 cm³/mol. The minimum Gasteiger partial charge on any atom is -0.486 e. The third-order valence-corrected chi connectivity index (χ3v) is 7.86. The van der Waals surface area contributed by atoms with Crippen molar-refractivity contribution in [3.63, 3.8) is 0 Å². The molecule has 2 aliphatic rings. The van der Waals surface area contributed by atoms with Crippen molar-refractivity contribution in [1.82, 2.24) is 19.0 Å². The summed E-state index contributed by atoms with van der Waals surface area (Å²) in [5, 5.41) is 4.34. The molecule has 0 N–H and O–H groups in total. The van der Waals surface area contributed by atoms with Gasteiger partial charge in [-0.1, -0.05) is 30.3 Å². The quantitative estimate of drug-likeness (QED) is 0.488. The van der Waals surface area contributed by atoms with Crippen molar-refractivity contribution in [3.8, 4) is 11.5 Å². The van der Waals surface area contributed by atoms with Crippen LogP contribution in [-0.2, 0) is 21.4 Å². The molecule has 3 heterocycles. The molecule has 0 bridgehead atoms. The standard InChI is InChI=1S/C25H26N4O5S/c30-25(9-6-21-17-26-28(19-21)18-20-4-2-1-3-5-20)27-10-12-29(13-11-27)35(31,32)22-7-8-23-24(16-22)34-15-14-33-23/h1-9,16-17,19H,10-15,18H2/b9-6+. The highest BCUT2D eigenvalue weighted by Gasteiger charge is 2.30. The summed E-state index contributed by atoms with van der Waals surface area (Å²) in [4.78, 5) is 14.5. The van der Waals surface area contributed by atoms with Crippen LogP contribution in [0.15, 0.2) is 71.9 Å². The van der Waals surface area contributed by atoms with Gasteiger partial charge in [0.2, 0.25) is 15.9 Å². The van der Waals surface area contributed by atoms with Gasteiger partial charge in [-0.25, -0.2) is 8.42 Å². The SMILES string of the molecule is O=C(/C=C/c1cnn(Cc2ccccc2)c1)N1CCN(S(=O)(=O)c2ccc3c(c2)OCCO3)CC1. The lowest BCUT2D eigenvalue weighted by atomic mass is 10.2. The van der Waals surface area contributed by atoms with E-state index in [9.17, 15) is 13.2 Å². The molecule has 0 unspecified atom stereocenters. The number of piperazine rings is 1. The van der Waals surface area contributed by atoms with Gasteiger partial charge in [-0.15, -0.1) is 0 Å². The number of sulfonamides is 1. The fourth-order valence-corrected chi connectivity index (χ4v) is 5.52. The molecular formula is C25H26N4O5S. The number of carbonyl (C=O) groups is 1. The molecule has 2 aromatic carbocycles. The minimum absolute atomic E-state index is 0.155. The van der Waals surface area contributed by atoms with Gasteiger partial charge in [0.1, 0.15) is 13.2 Å². The van der Waals surface area contributed by atoms with Crippen molar-refractivity contribution >= 4 is 22.0 Å². The molecule has 5 rings (SSSR count). The number of hydrogen-bond acceptors (Lipinski definition) is 6. The molecule has 2 aliphatic heterocycles. The zero-order valence-corrected chi connectivity index (χ0v) is 19.9. The summed E-state index contributed by atoms with van der Waals surface area (Å²) in [6, 6.07) is 14.7. The molecule has 3 aromatic rings. The van der Waals surface area contributed by atoms with E-state index in [4.69, 9.17) is 9.47 Å². The molecule has 0 spiro atoms. The second kappa shape index (κ2) is 9.93. The van der Waals surface area contributed by atoms with Crippen LogP contribution >= 0.6 is 0 Å². The number of fused-ring (bicyclic) bond motifs is 1. The Morgan fingerprint density at radius 1 is 0.971 bits per heavy atom. The summed E-state index contributed by atoms with van der Waals surface area (Å²) in [7, 11) is -3.69. The van der Waals surface area contributed by atoms with Crippen molar-refractivity contribution in [1.29, 1.82) is 0 Å². The van der Waals surface area contributed by atoms with Gasteiger partial charge in [0, 0.05) is 50.1 Å². The number of ether oxygens (including phenoxy) is 2. The molecule has 0 saturated carbocycles. The van der Waals surface area contributed by atoms with Crippen LogP contribution < -0.4 is 9.47 Å². The zero-order chi connectivity index (χ0) is 24.3. The Morgan fingerprint density at radius 2 is 1.71 bits per heavy atom. The van der Waals surface area contributed by atoms with E-state index < -0.39 is 10.0 Å². The molecule has 10 heteroatoms. The molecule has 0 atom stereocenters. The second-order valence-electron chi connectivity index (χ2n) is 8.33. The molecule has 35 heavy (non-hydrogen) atoms. The third-order valence-electron chi connectivity index (χ3n) is 5.96. The number of aromatic nitrogens is 2. The summed E-state index contributed by atoms with van der Waals surface area (Å²) >= 11 is 0. The van der Waals surface area contributed by atoms with Crippen LogP contribution in [0.3, 0.4) is 0 Å². The van der Waals surface area contributed by atoms with E-state index in [1.807, 2.05) is 41.2 Å². The zero-order valence-electron chi connectivity index (χ0n) is 19.1.